The molecule has 0 aromatic heterocycles. The number of hydrogen-bond donors (Lipinski definition) is 1. The predicted octanol–water partition coefficient (Wildman–Crippen LogP) is 3.23. The second-order valence-corrected chi connectivity index (χ2v) is 5.04. The summed E-state index contributed by atoms with van der Waals surface area (Å²) in [4.78, 5) is 11.8. The van der Waals surface area contributed by atoms with E-state index in [1.807, 2.05) is 20.8 Å². The van der Waals surface area contributed by atoms with Crippen molar-refractivity contribution in [3.63, 3.8) is 0 Å². The van der Waals surface area contributed by atoms with Crippen molar-refractivity contribution >= 4 is 27.6 Å². The number of ether oxygens (including phenoxy) is 1. The fourth-order valence-electron chi connectivity index (χ4n) is 1.10. The monoisotopic (exact) mass is 285 g/mol. The zero-order valence-electron chi connectivity index (χ0n) is 9.66. The molecule has 1 atom stereocenters. The van der Waals surface area contributed by atoms with Crippen LogP contribution in [0.2, 0.25) is 0 Å². The molecule has 0 aliphatic heterocycles. The van der Waals surface area contributed by atoms with E-state index < -0.39 is 0 Å². The third-order valence-corrected chi connectivity index (χ3v) is 2.85. The van der Waals surface area contributed by atoms with Crippen LogP contribution in [-0.2, 0) is 4.74 Å². The molecule has 0 aliphatic rings. The third-order valence-electron chi connectivity index (χ3n) is 2.39. The first-order chi connectivity index (χ1) is 7.40. The van der Waals surface area contributed by atoms with Gasteiger partial charge in [0.05, 0.1) is 5.56 Å². The molecule has 88 valence electrons. The molecule has 1 unspecified atom stereocenters. The minimum atomic E-state index is -0.339. The van der Waals surface area contributed by atoms with E-state index in [-0.39, 0.29) is 12.1 Å². The van der Waals surface area contributed by atoms with Gasteiger partial charge in [0.15, 0.2) is 0 Å². The molecule has 0 aliphatic carbocycles. The molecule has 16 heavy (non-hydrogen) atoms. The zero-order chi connectivity index (χ0) is 12.3. The fraction of sp³-hybridized carbons (Fsp3) is 0.417. The molecule has 0 spiro atoms. The van der Waals surface area contributed by atoms with Crippen LogP contribution in [0, 0.1) is 5.92 Å². The normalized spacial score (nSPS) is 12.6. The van der Waals surface area contributed by atoms with Crippen LogP contribution in [0.25, 0.3) is 0 Å². The van der Waals surface area contributed by atoms with Crippen LogP contribution < -0.4 is 5.73 Å². The Hall–Kier alpha value is -1.03. The minimum Gasteiger partial charge on any atom is -0.459 e. The molecule has 3 nitrogen and oxygen atoms in total. The average molecular weight is 286 g/mol. The van der Waals surface area contributed by atoms with Crippen molar-refractivity contribution in [2.24, 2.45) is 5.92 Å². The Morgan fingerprint density at radius 1 is 1.31 bits per heavy atom. The second-order valence-electron chi connectivity index (χ2n) is 4.13. The summed E-state index contributed by atoms with van der Waals surface area (Å²) in [6, 6.07) is 5.05. The van der Waals surface area contributed by atoms with Gasteiger partial charge in [-0.1, -0.05) is 29.8 Å². The minimum absolute atomic E-state index is 0.104. The smallest absolute Gasteiger partial charge is 0.338 e. The summed E-state index contributed by atoms with van der Waals surface area (Å²) in [5, 5.41) is 0. The van der Waals surface area contributed by atoms with Crippen LogP contribution >= 0.6 is 15.9 Å². The maximum Gasteiger partial charge on any atom is 0.338 e. The summed E-state index contributed by atoms with van der Waals surface area (Å²) in [5.41, 5.74) is 6.66. The summed E-state index contributed by atoms with van der Waals surface area (Å²) in [7, 11) is 0. The highest BCUT2D eigenvalue weighted by Gasteiger charge is 2.15. The van der Waals surface area contributed by atoms with Crippen LogP contribution in [-0.4, -0.2) is 12.1 Å². The number of hydrogen-bond acceptors (Lipinski definition) is 3. The molecule has 0 saturated carbocycles. The van der Waals surface area contributed by atoms with Gasteiger partial charge in [0.1, 0.15) is 6.10 Å². The first kappa shape index (κ1) is 13.0. The average Bonchev–Trinajstić information content (AvgIpc) is 2.15. The van der Waals surface area contributed by atoms with E-state index in [1.165, 1.54) is 0 Å². The van der Waals surface area contributed by atoms with E-state index in [0.29, 0.717) is 17.2 Å². The molecule has 0 fully saturated rings. The molecule has 2 N–H and O–H groups in total. The predicted molar refractivity (Wildman–Crippen MR) is 68.3 cm³/mol. The fourth-order valence-corrected chi connectivity index (χ4v) is 1.61. The first-order valence-electron chi connectivity index (χ1n) is 5.17. The first-order valence-corrected chi connectivity index (χ1v) is 5.96. The molecule has 0 bridgehead atoms. The highest BCUT2D eigenvalue weighted by molar-refractivity contribution is 9.10. The highest BCUT2D eigenvalue weighted by Crippen LogP contribution is 2.19. The Bertz CT molecular complexity index is 370. The van der Waals surface area contributed by atoms with Gasteiger partial charge in [-0.2, -0.15) is 0 Å². The summed E-state index contributed by atoms with van der Waals surface area (Å²) in [6.07, 6.45) is -0.104. The molecule has 4 heteroatoms. The SMILES string of the molecule is CC(C)C(C)OC(=O)c1cc(N)cc(Br)c1. The molecule has 0 amide bonds. The lowest BCUT2D eigenvalue weighted by molar-refractivity contribution is 0.0238. The highest BCUT2D eigenvalue weighted by atomic mass is 79.9. The van der Waals surface area contributed by atoms with Crippen LogP contribution in [0.1, 0.15) is 31.1 Å². The van der Waals surface area contributed by atoms with Crippen molar-refractivity contribution in [1.82, 2.24) is 0 Å². The number of anilines is 1. The van der Waals surface area contributed by atoms with Gasteiger partial charge in [-0.15, -0.1) is 0 Å². The molecular formula is C12H16BrNO2. The summed E-state index contributed by atoms with van der Waals surface area (Å²) in [6.45, 7) is 5.89. The zero-order valence-corrected chi connectivity index (χ0v) is 11.2. The lowest BCUT2D eigenvalue weighted by Gasteiger charge is -2.16. The maximum atomic E-state index is 11.8. The summed E-state index contributed by atoms with van der Waals surface area (Å²) < 4.78 is 6.07. The standard InChI is InChI=1S/C12H16BrNO2/c1-7(2)8(3)16-12(15)9-4-10(13)6-11(14)5-9/h4-8H,14H2,1-3H3. The molecule has 0 heterocycles. The molecule has 0 saturated heterocycles. The number of esters is 1. The van der Waals surface area contributed by atoms with Gasteiger partial charge in [-0.05, 0) is 31.0 Å². The summed E-state index contributed by atoms with van der Waals surface area (Å²) in [5.74, 6) is -0.0392. The Morgan fingerprint density at radius 2 is 1.94 bits per heavy atom. The number of halogens is 1. The number of carbonyl (C=O) groups excluding carboxylic acids is 1. The van der Waals surface area contributed by atoms with Crippen LogP contribution in [0.3, 0.4) is 0 Å². The van der Waals surface area contributed by atoms with Crippen LogP contribution in [0.4, 0.5) is 5.69 Å². The van der Waals surface area contributed by atoms with Crippen molar-refractivity contribution in [3.8, 4) is 0 Å². The lowest BCUT2D eigenvalue weighted by atomic mass is 10.1. The summed E-state index contributed by atoms with van der Waals surface area (Å²) >= 11 is 3.29. The van der Waals surface area contributed by atoms with Gasteiger partial charge >= 0.3 is 5.97 Å². The van der Waals surface area contributed by atoms with Gasteiger partial charge in [-0.3, -0.25) is 0 Å². The lowest BCUT2D eigenvalue weighted by Crippen LogP contribution is -2.20. The van der Waals surface area contributed by atoms with Crippen molar-refractivity contribution in [1.29, 1.82) is 0 Å². The molecular weight excluding hydrogens is 270 g/mol. The number of rotatable bonds is 3. The number of nitrogen functional groups attached to an aromatic ring is 1. The quantitative estimate of drug-likeness (QED) is 0.685. The topological polar surface area (TPSA) is 52.3 Å². The third kappa shape index (κ3) is 3.52. The van der Waals surface area contributed by atoms with Crippen molar-refractivity contribution < 1.29 is 9.53 Å². The van der Waals surface area contributed by atoms with E-state index in [9.17, 15) is 4.79 Å². The Morgan fingerprint density at radius 3 is 2.44 bits per heavy atom. The molecule has 1 aromatic rings. The number of nitrogens with two attached hydrogens (primary N) is 1. The van der Waals surface area contributed by atoms with Gasteiger partial charge < -0.3 is 10.5 Å². The van der Waals surface area contributed by atoms with E-state index in [0.717, 1.165) is 4.47 Å². The second kappa shape index (κ2) is 5.34. The van der Waals surface area contributed by atoms with Crippen LogP contribution in [0.5, 0.6) is 0 Å². The molecule has 1 aromatic carbocycles. The van der Waals surface area contributed by atoms with Gasteiger partial charge in [-0.25, -0.2) is 4.79 Å². The van der Waals surface area contributed by atoms with Gasteiger partial charge in [0.2, 0.25) is 0 Å². The Balaban J connectivity index is 2.80. The van der Waals surface area contributed by atoms with Crippen molar-refractivity contribution in [3.05, 3.63) is 28.2 Å². The van der Waals surface area contributed by atoms with Gasteiger partial charge in [0.25, 0.3) is 0 Å². The van der Waals surface area contributed by atoms with Crippen molar-refractivity contribution in [2.45, 2.75) is 26.9 Å². The maximum absolute atomic E-state index is 11.8. The molecule has 1 rings (SSSR count). The Labute approximate surface area is 104 Å². The molecule has 0 radical (unpaired) electrons. The van der Waals surface area contributed by atoms with Crippen LogP contribution in [0.15, 0.2) is 22.7 Å². The number of carbonyl (C=O) groups is 1. The largest absolute Gasteiger partial charge is 0.459 e. The van der Waals surface area contributed by atoms with Gasteiger partial charge in [0, 0.05) is 10.2 Å². The van der Waals surface area contributed by atoms with E-state index in [2.05, 4.69) is 15.9 Å². The van der Waals surface area contributed by atoms with E-state index >= 15 is 0 Å². The van der Waals surface area contributed by atoms with E-state index in [4.69, 9.17) is 10.5 Å². The van der Waals surface area contributed by atoms with Crippen molar-refractivity contribution in [2.75, 3.05) is 5.73 Å². The Kier molecular flexibility index (Phi) is 4.35. The number of benzene rings is 1. The van der Waals surface area contributed by atoms with E-state index in [1.54, 1.807) is 18.2 Å².